The number of nitrogen functional groups attached to an aromatic ring is 1. The van der Waals surface area contributed by atoms with E-state index in [1.165, 1.54) is 0 Å². The molecule has 0 aliphatic carbocycles. The normalized spacial score (nSPS) is 12.5. The molecule has 1 unspecified atom stereocenters. The first kappa shape index (κ1) is 12.6. The molecule has 0 saturated heterocycles. The molecule has 0 amide bonds. The Balaban J connectivity index is 2.72. The number of anilines is 2. The van der Waals surface area contributed by atoms with E-state index in [0.29, 0.717) is 33.7 Å². The van der Waals surface area contributed by atoms with Crippen LogP contribution in [0.25, 0.3) is 0 Å². The highest BCUT2D eigenvalue weighted by molar-refractivity contribution is 7.84. The summed E-state index contributed by atoms with van der Waals surface area (Å²) in [4.78, 5) is 0. The molecule has 0 fully saturated rings. The molecule has 0 radical (unpaired) electrons. The van der Waals surface area contributed by atoms with Crippen LogP contribution >= 0.6 is 23.2 Å². The molecule has 3 nitrogen and oxygen atoms in total. The number of benzene rings is 1. The lowest BCUT2D eigenvalue weighted by Crippen LogP contribution is -2.10. The molecule has 3 N–H and O–H groups in total. The summed E-state index contributed by atoms with van der Waals surface area (Å²) in [5.41, 5.74) is 6.72. The van der Waals surface area contributed by atoms with Crippen LogP contribution in [0.2, 0.25) is 10.0 Å². The summed E-state index contributed by atoms with van der Waals surface area (Å²) in [7, 11) is -0.830. The third-order valence-electron chi connectivity index (χ3n) is 1.76. The summed E-state index contributed by atoms with van der Waals surface area (Å²) in [6.45, 7) is 0.562. The Bertz CT molecular complexity index is 361. The fraction of sp³-hybridized carbons (Fsp3) is 0.333. The van der Waals surface area contributed by atoms with Crippen molar-refractivity contribution in [3.63, 3.8) is 0 Å². The SMILES string of the molecule is CS(=O)CCNc1c(Cl)cc(N)cc1Cl. The lowest BCUT2D eigenvalue weighted by atomic mass is 10.3. The number of rotatable bonds is 4. The van der Waals surface area contributed by atoms with Crippen molar-refractivity contribution in [1.82, 2.24) is 0 Å². The Kier molecular flexibility index (Phi) is 4.70. The van der Waals surface area contributed by atoms with Gasteiger partial charge in [0, 0.05) is 35.0 Å². The predicted octanol–water partition coefficient (Wildman–Crippen LogP) is 2.37. The highest BCUT2D eigenvalue weighted by Crippen LogP contribution is 2.32. The average molecular weight is 267 g/mol. The van der Waals surface area contributed by atoms with Crippen LogP contribution in [-0.4, -0.2) is 22.8 Å². The van der Waals surface area contributed by atoms with Crippen molar-refractivity contribution in [3.05, 3.63) is 22.2 Å². The zero-order valence-electron chi connectivity index (χ0n) is 8.22. The van der Waals surface area contributed by atoms with Crippen LogP contribution in [0.4, 0.5) is 11.4 Å². The molecule has 0 aliphatic rings. The van der Waals surface area contributed by atoms with Gasteiger partial charge in [0.1, 0.15) is 0 Å². The van der Waals surface area contributed by atoms with E-state index in [-0.39, 0.29) is 0 Å². The Morgan fingerprint density at radius 2 is 1.93 bits per heavy atom. The zero-order valence-corrected chi connectivity index (χ0v) is 10.5. The van der Waals surface area contributed by atoms with Crippen molar-refractivity contribution in [2.45, 2.75) is 0 Å². The Morgan fingerprint density at radius 1 is 1.40 bits per heavy atom. The van der Waals surface area contributed by atoms with Gasteiger partial charge in [-0.05, 0) is 12.1 Å². The summed E-state index contributed by atoms with van der Waals surface area (Å²) in [5, 5.41) is 3.98. The summed E-state index contributed by atoms with van der Waals surface area (Å²) < 4.78 is 10.8. The molecule has 0 aromatic heterocycles. The molecule has 1 atom stereocenters. The Morgan fingerprint density at radius 3 is 2.40 bits per heavy atom. The lowest BCUT2D eigenvalue weighted by Gasteiger charge is -2.10. The van der Waals surface area contributed by atoms with Gasteiger partial charge in [-0.25, -0.2) is 0 Å². The van der Waals surface area contributed by atoms with Crippen molar-refractivity contribution >= 4 is 45.4 Å². The number of nitrogens with two attached hydrogens (primary N) is 1. The molecule has 1 aromatic rings. The second-order valence-corrected chi connectivity index (χ2v) is 5.43. The van der Waals surface area contributed by atoms with Crippen molar-refractivity contribution in [2.75, 3.05) is 29.6 Å². The third-order valence-corrected chi connectivity index (χ3v) is 3.13. The molecule has 1 aromatic carbocycles. The van der Waals surface area contributed by atoms with Crippen molar-refractivity contribution in [3.8, 4) is 0 Å². The first-order chi connectivity index (χ1) is 7.00. The maximum Gasteiger partial charge on any atom is 0.0720 e. The number of halogens is 2. The van der Waals surface area contributed by atoms with Gasteiger partial charge in [0.15, 0.2) is 0 Å². The van der Waals surface area contributed by atoms with Crippen LogP contribution < -0.4 is 11.1 Å². The van der Waals surface area contributed by atoms with Gasteiger partial charge in [0.2, 0.25) is 0 Å². The van der Waals surface area contributed by atoms with E-state index in [4.69, 9.17) is 28.9 Å². The molecule has 6 heteroatoms. The molecular formula is C9H12Cl2N2OS. The topological polar surface area (TPSA) is 55.1 Å². The number of hydrogen-bond acceptors (Lipinski definition) is 3. The smallest absolute Gasteiger partial charge is 0.0720 e. The molecule has 0 saturated carbocycles. The van der Waals surface area contributed by atoms with Gasteiger partial charge in [0.05, 0.1) is 15.7 Å². The minimum absolute atomic E-state index is 0.474. The van der Waals surface area contributed by atoms with Crippen molar-refractivity contribution in [1.29, 1.82) is 0 Å². The molecule has 0 bridgehead atoms. The van der Waals surface area contributed by atoms with E-state index in [0.717, 1.165) is 0 Å². The first-order valence-electron chi connectivity index (χ1n) is 4.29. The van der Waals surface area contributed by atoms with E-state index in [9.17, 15) is 4.21 Å². The standard InChI is InChI=1S/C9H12Cl2N2OS/c1-15(14)3-2-13-9-7(10)4-6(12)5-8(9)11/h4-5,13H,2-3,12H2,1H3. The second-order valence-electron chi connectivity index (χ2n) is 3.06. The molecule has 0 spiro atoms. The maximum atomic E-state index is 10.8. The third kappa shape index (κ3) is 3.89. The van der Waals surface area contributed by atoms with Crippen molar-refractivity contribution < 1.29 is 4.21 Å². The van der Waals surface area contributed by atoms with Crippen LogP contribution in [-0.2, 0) is 10.8 Å². The predicted molar refractivity (Wildman–Crippen MR) is 68.3 cm³/mol. The second kappa shape index (κ2) is 5.58. The molecule has 15 heavy (non-hydrogen) atoms. The summed E-state index contributed by atoms with van der Waals surface area (Å²) in [6, 6.07) is 3.25. The Hall–Kier alpha value is -0.450. The fourth-order valence-electron chi connectivity index (χ4n) is 1.08. The minimum Gasteiger partial charge on any atom is -0.399 e. The van der Waals surface area contributed by atoms with Gasteiger partial charge in [-0.1, -0.05) is 23.2 Å². The lowest BCUT2D eigenvalue weighted by molar-refractivity contribution is 0.687. The van der Waals surface area contributed by atoms with E-state index in [1.807, 2.05) is 0 Å². The van der Waals surface area contributed by atoms with Crippen LogP contribution in [0, 0.1) is 0 Å². The molecule has 84 valence electrons. The van der Waals surface area contributed by atoms with Gasteiger partial charge in [0.25, 0.3) is 0 Å². The summed E-state index contributed by atoms with van der Waals surface area (Å²) in [6.07, 6.45) is 1.65. The summed E-state index contributed by atoms with van der Waals surface area (Å²) in [5.74, 6) is 0.553. The monoisotopic (exact) mass is 266 g/mol. The zero-order chi connectivity index (χ0) is 11.4. The van der Waals surface area contributed by atoms with E-state index >= 15 is 0 Å². The van der Waals surface area contributed by atoms with E-state index < -0.39 is 10.8 Å². The molecule has 1 rings (SSSR count). The maximum absolute atomic E-state index is 10.8. The first-order valence-corrected chi connectivity index (χ1v) is 6.77. The van der Waals surface area contributed by atoms with Gasteiger partial charge in [-0.15, -0.1) is 0 Å². The van der Waals surface area contributed by atoms with Crippen LogP contribution in [0.1, 0.15) is 0 Å². The fourth-order valence-corrected chi connectivity index (χ4v) is 2.11. The van der Waals surface area contributed by atoms with Crippen molar-refractivity contribution in [2.24, 2.45) is 0 Å². The quantitative estimate of drug-likeness (QED) is 0.823. The number of hydrogen-bond donors (Lipinski definition) is 2. The Labute approximate surface area is 101 Å². The molecular weight excluding hydrogens is 255 g/mol. The van der Waals surface area contributed by atoms with Gasteiger partial charge >= 0.3 is 0 Å². The molecule has 0 aliphatic heterocycles. The van der Waals surface area contributed by atoms with Gasteiger partial charge < -0.3 is 11.1 Å². The van der Waals surface area contributed by atoms with E-state index in [2.05, 4.69) is 5.32 Å². The number of nitrogens with one attached hydrogen (secondary N) is 1. The average Bonchev–Trinajstić information content (AvgIpc) is 2.08. The summed E-state index contributed by atoms with van der Waals surface area (Å²) >= 11 is 11.9. The van der Waals surface area contributed by atoms with Crippen LogP contribution in [0.15, 0.2) is 12.1 Å². The van der Waals surface area contributed by atoms with Gasteiger partial charge in [-0.3, -0.25) is 4.21 Å². The van der Waals surface area contributed by atoms with Crippen LogP contribution in [0.5, 0.6) is 0 Å². The van der Waals surface area contributed by atoms with E-state index in [1.54, 1.807) is 18.4 Å². The van der Waals surface area contributed by atoms with Gasteiger partial charge in [-0.2, -0.15) is 0 Å². The largest absolute Gasteiger partial charge is 0.399 e. The molecule has 0 heterocycles. The highest BCUT2D eigenvalue weighted by atomic mass is 35.5. The van der Waals surface area contributed by atoms with Crippen LogP contribution in [0.3, 0.4) is 0 Å². The highest BCUT2D eigenvalue weighted by Gasteiger charge is 2.06. The minimum atomic E-state index is -0.830.